The molecule has 2 fully saturated rings. The van der Waals surface area contributed by atoms with E-state index in [4.69, 9.17) is 4.74 Å². The van der Waals surface area contributed by atoms with Crippen molar-refractivity contribution in [1.29, 1.82) is 0 Å². The Balaban J connectivity index is 1.25. The first-order chi connectivity index (χ1) is 13.3. The van der Waals surface area contributed by atoms with Gasteiger partial charge in [-0.1, -0.05) is 31.0 Å². The second-order valence-electron chi connectivity index (χ2n) is 8.22. The highest BCUT2D eigenvalue weighted by Gasteiger charge is 2.27. The van der Waals surface area contributed by atoms with Crippen LogP contribution in [0.15, 0.2) is 29.3 Å². The third-order valence-corrected chi connectivity index (χ3v) is 6.53. The summed E-state index contributed by atoms with van der Waals surface area (Å²) in [7, 11) is 1.88. The van der Waals surface area contributed by atoms with E-state index < -0.39 is 0 Å². The molecular formula is C22H34N4O. The quantitative estimate of drug-likeness (QED) is 0.632. The second-order valence-corrected chi connectivity index (χ2v) is 8.22. The van der Waals surface area contributed by atoms with Crippen molar-refractivity contribution in [2.24, 2.45) is 4.99 Å². The highest BCUT2D eigenvalue weighted by molar-refractivity contribution is 5.80. The molecule has 2 heterocycles. The Kier molecular flexibility index (Phi) is 6.17. The van der Waals surface area contributed by atoms with Crippen LogP contribution in [0.1, 0.15) is 56.4 Å². The molecule has 0 radical (unpaired) electrons. The van der Waals surface area contributed by atoms with Crippen LogP contribution >= 0.6 is 0 Å². The van der Waals surface area contributed by atoms with Gasteiger partial charge in [0, 0.05) is 44.7 Å². The predicted octanol–water partition coefficient (Wildman–Crippen LogP) is 3.12. The van der Waals surface area contributed by atoms with E-state index in [0.29, 0.717) is 12.0 Å². The molecule has 1 saturated carbocycles. The van der Waals surface area contributed by atoms with E-state index in [0.717, 1.165) is 37.3 Å². The number of aliphatic imine (C=N–C) groups is 1. The Hall–Kier alpha value is -1.75. The van der Waals surface area contributed by atoms with Crippen LogP contribution in [0.4, 0.5) is 0 Å². The van der Waals surface area contributed by atoms with E-state index in [-0.39, 0.29) is 0 Å². The first-order valence-corrected chi connectivity index (χ1v) is 10.8. The summed E-state index contributed by atoms with van der Waals surface area (Å²) in [5, 5.41) is 7.22. The monoisotopic (exact) mass is 370 g/mol. The SMILES string of the molecule is CN=C(NCC1CCOc2ccccc21)NC1CCN(C2CCCC2)CC1. The van der Waals surface area contributed by atoms with E-state index >= 15 is 0 Å². The number of ether oxygens (including phenoxy) is 1. The largest absolute Gasteiger partial charge is 0.493 e. The van der Waals surface area contributed by atoms with E-state index in [1.165, 1.54) is 57.2 Å². The van der Waals surface area contributed by atoms with Crippen molar-refractivity contribution in [2.75, 3.05) is 33.3 Å². The molecule has 0 aromatic heterocycles. The van der Waals surface area contributed by atoms with Crippen LogP contribution in [0.5, 0.6) is 5.75 Å². The Labute approximate surface area is 163 Å². The Bertz CT molecular complexity index is 633. The van der Waals surface area contributed by atoms with Crippen LogP contribution in [0.2, 0.25) is 0 Å². The van der Waals surface area contributed by atoms with Crippen LogP contribution in [-0.4, -0.2) is 56.2 Å². The van der Waals surface area contributed by atoms with Crippen LogP contribution in [-0.2, 0) is 0 Å². The molecule has 2 N–H and O–H groups in total. The summed E-state index contributed by atoms with van der Waals surface area (Å²) in [5.74, 6) is 2.47. The maximum atomic E-state index is 5.78. The Morgan fingerprint density at radius 1 is 1.11 bits per heavy atom. The van der Waals surface area contributed by atoms with Crippen LogP contribution in [0, 0.1) is 0 Å². The van der Waals surface area contributed by atoms with Crippen LogP contribution < -0.4 is 15.4 Å². The molecule has 27 heavy (non-hydrogen) atoms. The topological polar surface area (TPSA) is 48.9 Å². The number of para-hydroxylation sites is 1. The average molecular weight is 371 g/mol. The van der Waals surface area contributed by atoms with E-state index in [2.05, 4.69) is 38.7 Å². The zero-order valence-electron chi connectivity index (χ0n) is 16.6. The summed E-state index contributed by atoms with van der Waals surface area (Å²) < 4.78 is 5.78. The fourth-order valence-electron chi connectivity index (χ4n) is 4.91. The standard InChI is InChI=1S/C22H34N4O/c1-23-22(24-16-17-12-15-27-21-9-5-4-8-20(17)21)25-18-10-13-26(14-11-18)19-6-2-3-7-19/h4-5,8-9,17-19H,2-3,6-7,10-16H2,1H3,(H2,23,24,25). The second kappa shape index (κ2) is 8.96. The zero-order valence-corrected chi connectivity index (χ0v) is 16.6. The molecule has 5 nitrogen and oxygen atoms in total. The van der Waals surface area contributed by atoms with Gasteiger partial charge in [-0.05, 0) is 43.7 Å². The number of hydrogen-bond acceptors (Lipinski definition) is 3. The number of piperidine rings is 1. The molecule has 0 spiro atoms. The molecule has 0 amide bonds. The molecule has 3 aliphatic rings. The maximum absolute atomic E-state index is 5.78. The summed E-state index contributed by atoms with van der Waals surface area (Å²) in [6.45, 7) is 4.16. The van der Waals surface area contributed by atoms with Gasteiger partial charge < -0.3 is 20.3 Å². The van der Waals surface area contributed by atoms with Crippen molar-refractivity contribution in [2.45, 2.75) is 62.9 Å². The normalized spacial score (nSPS) is 25.1. The van der Waals surface area contributed by atoms with E-state index in [9.17, 15) is 0 Å². The minimum Gasteiger partial charge on any atom is -0.493 e. The number of nitrogens with zero attached hydrogens (tertiary/aromatic N) is 2. The maximum Gasteiger partial charge on any atom is 0.191 e. The number of nitrogens with one attached hydrogen (secondary N) is 2. The van der Waals surface area contributed by atoms with Gasteiger partial charge in [-0.15, -0.1) is 0 Å². The summed E-state index contributed by atoms with van der Waals surface area (Å²) in [6.07, 6.45) is 9.17. The van der Waals surface area contributed by atoms with Crippen molar-refractivity contribution in [3.63, 3.8) is 0 Å². The molecule has 1 aromatic rings. The van der Waals surface area contributed by atoms with Gasteiger partial charge in [0.1, 0.15) is 5.75 Å². The lowest BCUT2D eigenvalue weighted by Gasteiger charge is -2.36. The molecule has 4 rings (SSSR count). The molecule has 2 aliphatic heterocycles. The smallest absolute Gasteiger partial charge is 0.191 e. The molecule has 1 aromatic carbocycles. The number of hydrogen-bond donors (Lipinski definition) is 2. The van der Waals surface area contributed by atoms with Gasteiger partial charge in [0.05, 0.1) is 6.61 Å². The van der Waals surface area contributed by atoms with Gasteiger partial charge in [0.25, 0.3) is 0 Å². The lowest BCUT2D eigenvalue weighted by Crippen LogP contribution is -2.50. The zero-order chi connectivity index (χ0) is 18.5. The molecule has 148 valence electrons. The molecule has 1 atom stereocenters. The van der Waals surface area contributed by atoms with Crippen LogP contribution in [0.25, 0.3) is 0 Å². The number of guanidine groups is 1. The van der Waals surface area contributed by atoms with Crippen molar-refractivity contribution >= 4 is 5.96 Å². The molecular weight excluding hydrogens is 336 g/mol. The number of likely N-dealkylation sites (tertiary alicyclic amines) is 1. The highest BCUT2D eigenvalue weighted by atomic mass is 16.5. The minimum absolute atomic E-state index is 0.484. The Morgan fingerprint density at radius 2 is 1.89 bits per heavy atom. The lowest BCUT2D eigenvalue weighted by molar-refractivity contribution is 0.150. The van der Waals surface area contributed by atoms with Crippen molar-refractivity contribution in [3.05, 3.63) is 29.8 Å². The summed E-state index contributed by atoms with van der Waals surface area (Å²) >= 11 is 0. The van der Waals surface area contributed by atoms with Crippen molar-refractivity contribution in [1.82, 2.24) is 15.5 Å². The molecule has 5 heteroatoms. The minimum atomic E-state index is 0.484. The average Bonchev–Trinajstić information content (AvgIpc) is 3.26. The molecule has 1 saturated heterocycles. The van der Waals surface area contributed by atoms with Gasteiger partial charge >= 0.3 is 0 Å². The molecule has 1 aliphatic carbocycles. The van der Waals surface area contributed by atoms with Crippen molar-refractivity contribution in [3.8, 4) is 5.75 Å². The summed E-state index contributed by atoms with van der Waals surface area (Å²) in [5.41, 5.74) is 1.32. The third-order valence-electron chi connectivity index (χ3n) is 6.53. The summed E-state index contributed by atoms with van der Waals surface area (Å²) in [6, 6.07) is 9.81. The predicted molar refractivity (Wildman–Crippen MR) is 111 cm³/mol. The first kappa shape index (κ1) is 18.6. The number of benzene rings is 1. The highest BCUT2D eigenvalue weighted by Crippen LogP contribution is 2.32. The molecule has 1 unspecified atom stereocenters. The number of rotatable bonds is 4. The van der Waals surface area contributed by atoms with Gasteiger partial charge in [-0.2, -0.15) is 0 Å². The summed E-state index contributed by atoms with van der Waals surface area (Å²) in [4.78, 5) is 7.19. The van der Waals surface area contributed by atoms with Gasteiger partial charge in [0.2, 0.25) is 0 Å². The van der Waals surface area contributed by atoms with Crippen LogP contribution in [0.3, 0.4) is 0 Å². The first-order valence-electron chi connectivity index (χ1n) is 10.8. The Morgan fingerprint density at radius 3 is 2.67 bits per heavy atom. The van der Waals surface area contributed by atoms with E-state index in [1.54, 1.807) is 0 Å². The third kappa shape index (κ3) is 4.57. The fourth-order valence-corrected chi connectivity index (χ4v) is 4.91. The van der Waals surface area contributed by atoms with Gasteiger partial charge in [-0.3, -0.25) is 4.99 Å². The fraction of sp³-hybridized carbons (Fsp3) is 0.682. The van der Waals surface area contributed by atoms with Gasteiger partial charge in [-0.25, -0.2) is 0 Å². The number of fused-ring (bicyclic) bond motifs is 1. The lowest BCUT2D eigenvalue weighted by atomic mass is 9.93. The molecule has 0 bridgehead atoms. The van der Waals surface area contributed by atoms with Gasteiger partial charge in [0.15, 0.2) is 5.96 Å². The van der Waals surface area contributed by atoms with Crippen molar-refractivity contribution < 1.29 is 4.74 Å². The van der Waals surface area contributed by atoms with E-state index in [1.807, 2.05) is 13.1 Å².